The molecule has 3 nitrogen and oxygen atoms in total. The van der Waals surface area contributed by atoms with Crippen LogP contribution in [0.3, 0.4) is 0 Å². The van der Waals surface area contributed by atoms with Crippen LogP contribution in [-0.2, 0) is 11.8 Å². The van der Waals surface area contributed by atoms with Crippen LogP contribution in [0.1, 0.15) is 62.5 Å². The molecule has 4 aliphatic rings. The first-order valence-electron chi connectivity index (χ1n) is 14.4. The number of aryl methyl sites for hydroxylation is 1. The number of nitrogens with one attached hydrogen (secondary N) is 1. The number of rotatable bonds is 8. The number of ether oxygens (including phenoxy) is 1. The Morgan fingerprint density at radius 2 is 1.51 bits per heavy atom. The lowest BCUT2D eigenvalue weighted by Crippen LogP contribution is -2.48. The number of hydrogen-bond donors (Lipinski definition) is 2. The van der Waals surface area contributed by atoms with Gasteiger partial charge in [0.1, 0.15) is 11.5 Å². The van der Waals surface area contributed by atoms with Crippen molar-refractivity contribution in [2.75, 3.05) is 6.54 Å². The van der Waals surface area contributed by atoms with E-state index in [2.05, 4.69) is 41.4 Å². The largest absolute Gasteiger partial charge is 0.457 e. The highest BCUT2D eigenvalue weighted by molar-refractivity contribution is 5.91. The third-order valence-electron chi connectivity index (χ3n) is 9.54. The van der Waals surface area contributed by atoms with Crippen LogP contribution in [0.5, 0.6) is 11.5 Å². The number of para-hydroxylation sites is 1. The van der Waals surface area contributed by atoms with Gasteiger partial charge in [-0.25, -0.2) is 0 Å². The Kier molecular flexibility index (Phi) is 5.85. The summed E-state index contributed by atoms with van der Waals surface area (Å²) in [7, 11) is 0. The van der Waals surface area contributed by atoms with Gasteiger partial charge in [-0.3, -0.25) is 0 Å². The van der Waals surface area contributed by atoms with Crippen molar-refractivity contribution < 1.29 is 4.74 Å². The molecular formula is C34H38N2O. The fourth-order valence-corrected chi connectivity index (χ4v) is 8.33. The van der Waals surface area contributed by atoms with E-state index < -0.39 is 0 Å². The molecule has 4 aliphatic carbocycles. The fourth-order valence-electron chi connectivity index (χ4n) is 8.33. The van der Waals surface area contributed by atoms with Crippen molar-refractivity contribution in [3.63, 3.8) is 0 Å². The highest BCUT2D eigenvalue weighted by atomic mass is 16.5. The van der Waals surface area contributed by atoms with Crippen LogP contribution in [0.2, 0.25) is 0 Å². The smallest absolute Gasteiger partial charge is 0.128 e. The van der Waals surface area contributed by atoms with E-state index in [9.17, 15) is 0 Å². The van der Waals surface area contributed by atoms with E-state index in [1.807, 2.05) is 36.4 Å². The quantitative estimate of drug-likeness (QED) is 0.244. The summed E-state index contributed by atoms with van der Waals surface area (Å²) in [4.78, 5) is 3.81. The molecule has 0 amide bonds. The molecule has 0 saturated heterocycles. The fraction of sp³-hybridized carbons (Fsp3) is 0.412. The zero-order valence-corrected chi connectivity index (χ0v) is 21.7. The second kappa shape index (κ2) is 9.36. The van der Waals surface area contributed by atoms with Crippen molar-refractivity contribution in [3.8, 4) is 22.8 Å². The molecule has 4 aromatic rings. The Bertz CT molecular complexity index is 1370. The highest BCUT2D eigenvalue weighted by Crippen LogP contribution is 2.61. The molecule has 4 saturated carbocycles. The lowest BCUT2D eigenvalue weighted by atomic mass is 9.48. The van der Waals surface area contributed by atoms with E-state index >= 15 is 0 Å². The van der Waals surface area contributed by atoms with Gasteiger partial charge < -0.3 is 15.5 Å². The minimum absolute atomic E-state index is 0.415. The molecule has 37 heavy (non-hydrogen) atoms. The van der Waals surface area contributed by atoms with Crippen LogP contribution in [0.4, 0.5) is 0 Å². The molecule has 3 aromatic carbocycles. The third-order valence-corrected chi connectivity index (χ3v) is 9.54. The molecule has 4 bridgehead atoms. The number of aromatic nitrogens is 1. The monoisotopic (exact) mass is 490 g/mol. The molecule has 3 N–H and O–H groups in total. The summed E-state index contributed by atoms with van der Waals surface area (Å²) in [6, 6.07) is 25.9. The molecule has 4 fully saturated rings. The van der Waals surface area contributed by atoms with E-state index in [-0.39, 0.29) is 0 Å². The molecule has 0 radical (unpaired) electrons. The second-order valence-corrected chi connectivity index (χ2v) is 12.1. The molecule has 0 unspecified atom stereocenters. The van der Waals surface area contributed by atoms with Crippen LogP contribution in [0.25, 0.3) is 22.2 Å². The van der Waals surface area contributed by atoms with Crippen molar-refractivity contribution in [1.82, 2.24) is 4.98 Å². The maximum Gasteiger partial charge on any atom is 0.128 e. The van der Waals surface area contributed by atoms with Crippen LogP contribution >= 0.6 is 0 Å². The average molecular weight is 491 g/mol. The van der Waals surface area contributed by atoms with E-state index in [1.54, 1.807) is 5.56 Å². The zero-order chi connectivity index (χ0) is 24.8. The number of aromatic amines is 1. The van der Waals surface area contributed by atoms with E-state index in [0.717, 1.165) is 55.1 Å². The number of H-pyrrole nitrogens is 1. The Hall–Kier alpha value is -3.04. The van der Waals surface area contributed by atoms with Gasteiger partial charge in [-0.15, -0.1) is 0 Å². The number of hydrogen-bond acceptors (Lipinski definition) is 2. The molecular weight excluding hydrogens is 452 g/mol. The van der Waals surface area contributed by atoms with E-state index in [1.165, 1.54) is 66.2 Å². The summed E-state index contributed by atoms with van der Waals surface area (Å²) in [6.07, 6.45) is 11.9. The Morgan fingerprint density at radius 3 is 2.24 bits per heavy atom. The lowest BCUT2D eigenvalue weighted by molar-refractivity contribution is -0.00513. The standard InChI is InChI=1S/C34H38N2O/c35-14-5-4-11-30-31-19-27(34-20-23-15-24(21-34)17-25(16-23)22-34)12-13-32(31)36-33(30)26-7-6-10-29(18-26)37-28-8-2-1-3-9-28/h1-3,6-10,12-13,18-19,23-25,36H,4-5,11,14-17,20-22,35H2. The Balaban J connectivity index is 1.28. The van der Waals surface area contributed by atoms with Gasteiger partial charge in [0.05, 0.1) is 0 Å². The summed E-state index contributed by atoms with van der Waals surface area (Å²) < 4.78 is 6.18. The van der Waals surface area contributed by atoms with E-state index in [0.29, 0.717) is 5.41 Å². The summed E-state index contributed by atoms with van der Waals surface area (Å²) in [6.45, 7) is 0.747. The van der Waals surface area contributed by atoms with Crippen LogP contribution in [0.15, 0.2) is 72.8 Å². The number of unbranched alkanes of at least 4 members (excludes halogenated alkanes) is 1. The maximum atomic E-state index is 6.18. The summed E-state index contributed by atoms with van der Waals surface area (Å²) >= 11 is 0. The van der Waals surface area contributed by atoms with Crippen molar-refractivity contribution >= 4 is 10.9 Å². The van der Waals surface area contributed by atoms with Gasteiger partial charge in [-0.1, -0.05) is 36.4 Å². The van der Waals surface area contributed by atoms with Gasteiger partial charge >= 0.3 is 0 Å². The lowest BCUT2D eigenvalue weighted by Gasteiger charge is -2.57. The molecule has 0 spiro atoms. The summed E-state index contributed by atoms with van der Waals surface area (Å²) in [5.74, 6) is 4.60. The predicted molar refractivity (Wildman–Crippen MR) is 152 cm³/mol. The van der Waals surface area contributed by atoms with Crippen LogP contribution in [0, 0.1) is 17.8 Å². The van der Waals surface area contributed by atoms with Crippen molar-refractivity contribution in [2.45, 2.75) is 63.2 Å². The van der Waals surface area contributed by atoms with E-state index in [4.69, 9.17) is 10.5 Å². The molecule has 8 rings (SSSR count). The summed E-state index contributed by atoms with van der Waals surface area (Å²) in [5, 5.41) is 1.41. The van der Waals surface area contributed by atoms with Gasteiger partial charge in [0.25, 0.3) is 0 Å². The first kappa shape index (κ1) is 23.1. The minimum atomic E-state index is 0.415. The highest BCUT2D eigenvalue weighted by Gasteiger charge is 2.51. The first-order chi connectivity index (χ1) is 18.2. The average Bonchev–Trinajstić information content (AvgIpc) is 3.27. The summed E-state index contributed by atoms with van der Waals surface area (Å²) in [5.41, 5.74) is 13.0. The van der Waals surface area contributed by atoms with Gasteiger partial charge in [0, 0.05) is 22.2 Å². The number of fused-ring (bicyclic) bond motifs is 1. The number of nitrogens with two attached hydrogens (primary N) is 1. The predicted octanol–water partition coefficient (Wildman–Crippen LogP) is 8.38. The van der Waals surface area contributed by atoms with Crippen LogP contribution < -0.4 is 10.5 Å². The topological polar surface area (TPSA) is 51.0 Å². The molecule has 0 aliphatic heterocycles. The zero-order valence-electron chi connectivity index (χ0n) is 21.7. The van der Waals surface area contributed by atoms with Gasteiger partial charge in [0.15, 0.2) is 0 Å². The second-order valence-electron chi connectivity index (χ2n) is 12.1. The van der Waals surface area contributed by atoms with Gasteiger partial charge in [-0.05, 0) is 135 Å². The molecule has 190 valence electrons. The van der Waals surface area contributed by atoms with Crippen LogP contribution in [-0.4, -0.2) is 11.5 Å². The Morgan fingerprint density at radius 1 is 0.784 bits per heavy atom. The first-order valence-corrected chi connectivity index (χ1v) is 14.4. The molecule has 0 atom stereocenters. The molecule has 1 heterocycles. The van der Waals surface area contributed by atoms with Crippen molar-refractivity contribution in [3.05, 3.63) is 83.9 Å². The van der Waals surface area contributed by atoms with Gasteiger partial charge in [0.2, 0.25) is 0 Å². The molecule has 1 aromatic heterocycles. The molecule has 3 heteroatoms. The van der Waals surface area contributed by atoms with Crippen molar-refractivity contribution in [2.24, 2.45) is 23.5 Å². The Labute approximate surface area is 220 Å². The van der Waals surface area contributed by atoms with Crippen molar-refractivity contribution in [1.29, 1.82) is 0 Å². The third kappa shape index (κ3) is 4.28. The maximum absolute atomic E-state index is 6.18. The SMILES string of the molecule is NCCCCc1c(-c2cccc(Oc3ccccc3)c2)[nH]c2ccc(C34CC5CC(CC(C5)C3)C4)cc12. The minimum Gasteiger partial charge on any atom is -0.457 e. The number of benzene rings is 3. The normalized spacial score (nSPS) is 26.1. The van der Waals surface area contributed by atoms with Gasteiger partial charge in [-0.2, -0.15) is 0 Å².